The van der Waals surface area contributed by atoms with E-state index in [0.29, 0.717) is 0 Å². The molecular weight excluding hydrogens is 216 g/mol. The monoisotopic (exact) mass is 234 g/mol. The molecule has 3 heteroatoms. The predicted molar refractivity (Wildman–Crippen MR) is 64.9 cm³/mol. The number of rotatable bonds is 3. The first kappa shape index (κ1) is 12.3. The van der Waals surface area contributed by atoms with Crippen LogP contribution in [-0.2, 0) is 20.7 Å². The van der Waals surface area contributed by atoms with E-state index in [1.807, 2.05) is 0 Å². The third-order valence-corrected chi connectivity index (χ3v) is 3.14. The molecule has 1 atom stereocenters. The van der Waals surface area contributed by atoms with Crippen LogP contribution in [0.2, 0.25) is 0 Å². The van der Waals surface area contributed by atoms with E-state index >= 15 is 0 Å². The van der Waals surface area contributed by atoms with Crippen LogP contribution in [0, 0.1) is 0 Å². The summed E-state index contributed by atoms with van der Waals surface area (Å²) in [7, 11) is 0. The van der Waals surface area contributed by atoms with Gasteiger partial charge in [0, 0.05) is 5.92 Å². The number of Topliss-reactive ketones (excluding diaryl/α,β-unsaturated/α-hetero) is 1. The summed E-state index contributed by atoms with van der Waals surface area (Å²) in [6.45, 7) is 4.53. The Kier molecular flexibility index (Phi) is 3.92. The number of carbonyl (C=O) groups excluding carboxylic acids is 1. The minimum absolute atomic E-state index is 0.00906. The summed E-state index contributed by atoms with van der Waals surface area (Å²) in [5.74, 6) is 0.156. The van der Waals surface area contributed by atoms with Crippen LogP contribution in [-0.4, -0.2) is 25.3 Å². The van der Waals surface area contributed by atoms with Crippen molar-refractivity contribution in [3.63, 3.8) is 0 Å². The van der Waals surface area contributed by atoms with Crippen molar-refractivity contribution in [1.29, 1.82) is 0 Å². The van der Waals surface area contributed by atoms with Gasteiger partial charge < -0.3 is 9.47 Å². The minimum Gasteiger partial charge on any atom is -0.344 e. The van der Waals surface area contributed by atoms with Gasteiger partial charge in [-0.1, -0.05) is 38.1 Å². The first-order chi connectivity index (χ1) is 8.20. The highest BCUT2D eigenvalue weighted by atomic mass is 16.7. The molecule has 0 amide bonds. The summed E-state index contributed by atoms with van der Waals surface area (Å²) >= 11 is 0. The third kappa shape index (κ3) is 2.93. The van der Waals surface area contributed by atoms with Gasteiger partial charge >= 0.3 is 0 Å². The maximum absolute atomic E-state index is 11.0. The molecule has 1 aliphatic rings. The predicted octanol–water partition coefficient (Wildman–Crippen LogP) is 2.29. The fourth-order valence-electron chi connectivity index (χ4n) is 1.94. The van der Waals surface area contributed by atoms with Crippen LogP contribution in [0.15, 0.2) is 24.3 Å². The highest BCUT2D eigenvalue weighted by Gasteiger charge is 2.26. The van der Waals surface area contributed by atoms with Gasteiger partial charge in [-0.2, -0.15) is 0 Å². The smallest absolute Gasteiger partial charge is 0.184 e. The summed E-state index contributed by atoms with van der Waals surface area (Å²) in [6, 6.07) is 8.46. The maximum Gasteiger partial charge on any atom is 0.184 e. The van der Waals surface area contributed by atoms with Gasteiger partial charge in [0.05, 0.1) is 0 Å². The van der Waals surface area contributed by atoms with Gasteiger partial charge in [0.25, 0.3) is 0 Å². The lowest BCUT2D eigenvalue weighted by Gasteiger charge is -2.27. The second-order valence-corrected chi connectivity index (χ2v) is 4.41. The molecule has 1 aromatic rings. The Labute approximate surface area is 102 Å². The molecule has 0 aliphatic carbocycles. The molecule has 0 N–H and O–H groups in total. The summed E-state index contributed by atoms with van der Waals surface area (Å²) in [4.78, 5) is 11.0. The molecule has 1 aliphatic heterocycles. The van der Waals surface area contributed by atoms with Crippen LogP contribution < -0.4 is 0 Å². The SMILES string of the molecule is CCc1ccc(C(C)C2OCC(=O)CO2)cc1. The number of hydrogen-bond acceptors (Lipinski definition) is 3. The fourth-order valence-corrected chi connectivity index (χ4v) is 1.94. The van der Waals surface area contributed by atoms with Crippen molar-refractivity contribution in [1.82, 2.24) is 0 Å². The van der Waals surface area contributed by atoms with Gasteiger partial charge in [0.15, 0.2) is 12.1 Å². The van der Waals surface area contributed by atoms with Crippen molar-refractivity contribution in [2.24, 2.45) is 0 Å². The zero-order valence-electron chi connectivity index (χ0n) is 10.3. The van der Waals surface area contributed by atoms with Crippen LogP contribution in [0.4, 0.5) is 0 Å². The Balaban J connectivity index is 2.03. The van der Waals surface area contributed by atoms with E-state index in [0.717, 1.165) is 6.42 Å². The summed E-state index contributed by atoms with van der Waals surface area (Å²) in [6.07, 6.45) is 0.736. The van der Waals surface area contributed by atoms with E-state index < -0.39 is 0 Å². The molecule has 0 aromatic heterocycles. The largest absolute Gasteiger partial charge is 0.344 e. The average Bonchev–Trinajstić information content (AvgIpc) is 2.39. The number of aryl methyl sites for hydroxylation is 1. The quantitative estimate of drug-likeness (QED) is 0.805. The highest BCUT2D eigenvalue weighted by Crippen LogP contribution is 2.24. The maximum atomic E-state index is 11.0. The van der Waals surface area contributed by atoms with Crippen LogP contribution >= 0.6 is 0 Å². The van der Waals surface area contributed by atoms with Crippen LogP contribution in [0.25, 0.3) is 0 Å². The normalized spacial score (nSPS) is 19.3. The molecule has 1 fully saturated rings. The van der Waals surface area contributed by atoms with Gasteiger partial charge in [-0.25, -0.2) is 0 Å². The Morgan fingerprint density at radius 3 is 2.35 bits per heavy atom. The number of benzene rings is 1. The molecule has 0 bridgehead atoms. The van der Waals surface area contributed by atoms with Gasteiger partial charge in [-0.3, -0.25) is 4.79 Å². The Bertz CT molecular complexity index is 373. The minimum atomic E-state index is -0.305. The van der Waals surface area contributed by atoms with Crippen molar-refractivity contribution in [2.45, 2.75) is 32.5 Å². The lowest BCUT2D eigenvalue weighted by molar-refractivity contribution is -0.192. The van der Waals surface area contributed by atoms with Gasteiger partial charge in [0.1, 0.15) is 13.2 Å². The molecule has 1 saturated heterocycles. The highest BCUT2D eigenvalue weighted by molar-refractivity contribution is 5.81. The molecular formula is C14H18O3. The van der Waals surface area contributed by atoms with E-state index in [2.05, 4.69) is 38.1 Å². The topological polar surface area (TPSA) is 35.5 Å². The molecule has 92 valence electrons. The van der Waals surface area contributed by atoms with Crippen molar-refractivity contribution in [2.75, 3.05) is 13.2 Å². The molecule has 0 spiro atoms. The lowest BCUT2D eigenvalue weighted by atomic mass is 9.98. The number of ether oxygens (including phenoxy) is 2. The second kappa shape index (κ2) is 5.43. The van der Waals surface area contributed by atoms with Crippen molar-refractivity contribution in [3.05, 3.63) is 35.4 Å². The number of carbonyl (C=O) groups is 1. The first-order valence-corrected chi connectivity index (χ1v) is 6.04. The third-order valence-electron chi connectivity index (χ3n) is 3.14. The summed E-state index contributed by atoms with van der Waals surface area (Å²) in [5.41, 5.74) is 2.50. The average molecular weight is 234 g/mol. The van der Waals surface area contributed by atoms with Gasteiger partial charge in [-0.05, 0) is 17.5 Å². The zero-order chi connectivity index (χ0) is 12.3. The molecule has 1 unspecified atom stereocenters. The molecule has 1 heterocycles. The first-order valence-electron chi connectivity index (χ1n) is 6.04. The fraction of sp³-hybridized carbons (Fsp3) is 0.500. The van der Waals surface area contributed by atoms with E-state index in [1.54, 1.807) is 0 Å². The van der Waals surface area contributed by atoms with Crippen LogP contribution in [0.5, 0.6) is 0 Å². The molecule has 1 aromatic carbocycles. The number of ketones is 1. The molecule has 17 heavy (non-hydrogen) atoms. The van der Waals surface area contributed by atoms with E-state index in [4.69, 9.17) is 9.47 Å². The van der Waals surface area contributed by atoms with Crippen molar-refractivity contribution < 1.29 is 14.3 Å². The molecule has 0 saturated carbocycles. The van der Waals surface area contributed by atoms with Crippen LogP contribution in [0.1, 0.15) is 30.9 Å². The summed E-state index contributed by atoms with van der Waals surface area (Å²) in [5, 5.41) is 0. The standard InChI is InChI=1S/C14H18O3/c1-3-11-4-6-12(7-5-11)10(2)14-16-8-13(15)9-17-14/h4-7,10,14H,3,8-9H2,1-2H3. The van der Waals surface area contributed by atoms with E-state index in [9.17, 15) is 4.79 Å². The number of hydrogen-bond donors (Lipinski definition) is 0. The zero-order valence-corrected chi connectivity index (χ0v) is 10.3. The summed E-state index contributed by atoms with van der Waals surface area (Å²) < 4.78 is 10.8. The molecule has 2 rings (SSSR count). The van der Waals surface area contributed by atoms with Crippen LogP contribution in [0.3, 0.4) is 0 Å². The Morgan fingerprint density at radius 1 is 1.24 bits per heavy atom. The lowest BCUT2D eigenvalue weighted by Crippen LogP contribution is -2.35. The Hall–Kier alpha value is -1.19. The second-order valence-electron chi connectivity index (χ2n) is 4.41. The van der Waals surface area contributed by atoms with E-state index in [-0.39, 0.29) is 31.2 Å². The van der Waals surface area contributed by atoms with Crippen molar-refractivity contribution >= 4 is 5.78 Å². The van der Waals surface area contributed by atoms with Gasteiger partial charge in [-0.15, -0.1) is 0 Å². The molecule has 3 nitrogen and oxygen atoms in total. The Morgan fingerprint density at radius 2 is 1.82 bits per heavy atom. The van der Waals surface area contributed by atoms with E-state index in [1.165, 1.54) is 11.1 Å². The van der Waals surface area contributed by atoms with Crippen molar-refractivity contribution in [3.8, 4) is 0 Å². The molecule has 0 radical (unpaired) electrons. The van der Waals surface area contributed by atoms with Gasteiger partial charge in [0.2, 0.25) is 0 Å².